The molecule has 5 unspecified atom stereocenters. The molecule has 0 saturated carbocycles. The van der Waals surface area contributed by atoms with Gasteiger partial charge < -0.3 is 52.1 Å². The van der Waals surface area contributed by atoms with E-state index in [9.17, 15) is 38.4 Å². The third kappa shape index (κ3) is 12.1. The Morgan fingerprint density at radius 1 is 0.383 bits per heavy atom. The quantitative estimate of drug-likeness (QED) is 0.181. The predicted octanol–water partition coefficient (Wildman–Crippen LogP) is -0.831. The van der Waals surface area contributed by atoms with Crippen molar-refractivity contribution in [2.75, 3.05) is 13.2 Å². The average Bonchev–Trinajstić information content (AvgIpc) is 2.91. The Morgan fingerprint density at radius 2 is 0.702 bits per heavy atom. The molecule has 10 atom stereocenters. The molecule has 19 nitrogen and oxygen atoms in total. The number of hydrogen-bond acceptors (Lipinski definition) is 19. The van der Waals surface area contributed by atoms with Crippen LogP contribution in [-0.4, -0.2) is 122 Å². The molecule has 2 aliphatic heterocycles. The van der Waals surface area contributed by atoms with E-state index in [1.807, 2.05) is 0 Å². The second-order valence-electron chi connectivity index (χ2n) is 10.3. The van der Waals surface area contributed by atoms with Crippen molar-refractivity contribution in [2.24, 2.45) is 0 Å². The third-order valence-corrected chi connectivity index (χ3v) is 6.17. The first kappa shape index (κ1) is 38.8. The highest BCUT2D eigenvalue weighted by Crippen LogP contribution is 2.35. The summed E-state index contributed by atoms with van der Waals surface area (Å²) in [6.45, 7) is 7.05. The van der Waals surface area contributed by atoms with E-state index in [2.05, 4.69) is 0 Å². The van der Waals surface area contributed by atoms with Gasteiger partial charge in [-0.15, -0.1) is 0 Å². The SMILES string of the molecule is CC(=O)OCC1OC(OC(C)=O)C(OC(C)=O)[C@@H](OC(C)=O)[C@H]1O[C@@H]1OC(COC(C)=O)[C@H](OC(C)=O)[C@H](OC(C)=O)C1OC(C)=O. The summed E-state index contributed by atoms with van der Waals surface area (Å²) in [5, 5.41) is 0. The molecular weight excluding hydrogens is 640 g/mol. The molecule has 0 aromatic heterocycles. The summed E-state index contributed by atoms with van der Waals surface area (Å²) < 4.78 is 60.2. The van der Waals surface area contributed by atoms with Crippen molar-refractivity contribution in [2.45, 2.75) is 117 Å². The zero-order valence-electron chi connectivity index (χ0n) is 26.9. The van der Waals surface area contributed by atoms with Crippen LogP contribution in [0.3, 0.4) is 0 Å². The van der Waals surface area contributed by atoms with Crippen LogP contribution in [0.25, 0.3) is 0 Å². The normalized spacial score (nSPS) is 30.0. The van der Waals surface area contributed by atoms with Crippen LogP contribution in [-0.2, 0) is 90.5 Å². The summed E-state index contributed by atoms with van der Waals surface area (Å²) in [7, 11) is 0. The molecule has 0 aromatic rings. The Bertz CT molecular complexity index is 1200. The first-order valence-electron chi connectivity index (χ1n) is 14.2. The van der Waals surface area contributed by atoms with Gasteiger partial charge in [-0.2, -0.15) is 0 Å². The van der Waals surface area contributed by atoms with E-state index in [1.54, 1.807) is 0 Å². The van der Waals surface area contributed by atoms with Crippen molar-refractivity contribution in [3.05, 3.63) is 0 Å². The molecule has 2 saturated heterocycles. The van der Waals surface area contributed by atoms with Crippen LogP contribution in [0.1, 0.15) is 55.4 Å². The molecule has 0 spiro atoms. The zero-order valence-corrected chi connectivity index (χ0v) is 26.9. The summed E-state index contributed by atoms with van der Waals surface area (Å²) in [5.74, 6) is -7.02. The predicted molar refractivity (Wildman–Crippen MR) is 145 cm³/mol. The Hall–Kier alpha value is -4.36. The first-order chi connectivity index (χ1) is 21.9. The molecule has 264 valence electrons. The van der Waals surface area contributed by atoms with E-state index in [0.29, 0.717) is 0 Å². The van der Waals surface area contributed by atoms with E-state index in [-0.39, 0.29) is 0 Å². The molecule has 47 heavy (non-hydrogen) atoms. The molecule has 0 bridgehead atoms. The Morgan fingerprint density at radius 3 is 1.11 bits per heavy atom. The van der Waals surface area contributed by atoms with Crippen LogP contribution >= 0.6 is 0 Å². The lowest BCUT2D eigenvalue weighted by Gasteiger charge is -2.48. The van der Waals surface area contributed by atoms with Crippen LogP contribution in [0, 0.1) is 0 Å². The molecular formula is C28H38O19. The van der Waals surface area contributed by atoms with Gasteiger partial charge in [0, 0.05) is 55.4 Å². The molecule has 0 aromatic carbocycles. The van der Waals surface area contributed by atoms with Crippen molar-refractivity contribution in [1.82, 2.24) is 0 Å². The van der Waals surface area contributed by atoms with E-state index in [1.165, 1.54) is 0 Å². The summed E-state index contributed by atoms with van der Waals surface area (Å²) in [5.41, 5.74) is 0. The van der Waals surface area contributed by atoms with Crippen molar-refractivity contribution in [3.63, 3.8) is 0 Å². The number of ether oxygens (including phenoxy) is 11. The second-order valence-corrected chi connectivity index (χ2v) is 10.3. The van der Waals surface area contributed by atoms with Gasteiger partial charge in [-0.1, -0.05) is 0 Å². The number of rotatable bonds is 12. The largest absolute Gasteiger partial charge is 0.463 e. The van der Waals surface area contributed by atoms with Gasteiger partial charge in [-0.05, 0) is 0 Å². The van der Waals surface area contributed by atoms with Crippen molar-refractivity contribution < 1.29 is 90.5 Å². The van der Waals surface area contributed by atoms with Gasteiger partial charge in [0.1, 0.15) is 31.5 Å². The van der Waals surface area contributed by atoms with Crippen LogP contribution in [0.15, 0.2) is 0 Å². The molecule has 0 aliphatic carbocycles. The van der Waals surface area contributed by atoms with Gasteiger partial charge in [0.05, 0.1) is 0 Å². The highest BCUT2D eigenvalue weighted by atomic mass is 16.8. The Balaban J connectivity index is 2.73. The Labute approximate surface area is 268 Å². The molecule has 2 rings (SSSR count). The lowest BCUT2D eigenvalue weighted by Crippen LogP contribution is -2.67. The topological polar surface area (TPSA) is 238 Å². The zero-order chi connectivity index (χ0) is 35.6. The summed E-state index contributed by atoms with van der Waals surface area (Å²) in [4.78, 5) is 96.3. The van der Waals surface area contributed by atoms with Crippen molar-refractivity contribution in [3.8, 4) is 0 Å². The molecule has 0 radical (unpaired) electrons. The van der Waals surface area contributed by atoms with E-state index in [4.69, 9.17) is 52.1 Å². The van der Waals surface area contributed by atoms with Gasteiger partial charge in [0.25, 0.3) is 0 Å². The monoisotopic (exact) mass is 678 g/mol. The van der Waals surface area contributed by atoms with Gasteiger partial charge in [-0.3, -0.25) is 38.4 Å². The summed E-state index contributed by atoms with van der Waals surface area (Å²) in [6, 6.07) is 0. The molecule has 0 amide bonds. The standard InChI is InChI=1S/C28H38O19/c1-11(29)37-9-19-21(39-13(3)31)23(40-14(4)32)26(43-17(7)35)28(46-19)47-22-20(10-38-12(2)30)45-27(44-18(8)36)25(42-16(6)34)24(22)41-15(5)33/h19-28H,9-10H2,1-8H3/t19?,20?,21-,22-,23-,24-,25?,26?,27?,28-/m0/s1. The van der Waals surface area contributed by atoms with Gasteiger partial charge in [-0.25, -0.2) is 0 Å². The number of esters is 8. The van der Waals surface area contributed by atoms with E-state index >= 15 is 0 Å². The van der Waals surface area contributed by atoms with Gasteiger partial charge >= 0.3 is 47.8 Å². The highest BCUT2D eigenvalue weighted by molar-refractivity contribution is 5.70. The molecule has 2 heterocycles. The van der Waals surface area contributed by atoms with Crippen LogP contribution < -0.4 is 0 Å². The van der Waals surface area contributed by atoms with Crippen LogP contribution in [0.5, 0.6) is 0 Å². The number of carbonyl (C=O) groups is 8. The minimum Gasteiger partial charge on any atom is -0.463 e. The maximum Gasteiger partial charge on any atom is 0.305 e. The van der Waals surface area contributed by atoms with Crippen LogP contribution in [0.4, 0.5) is 0 Å². The summed E-state index contributed by atoms with van der Waals surface area (Å²) in [6.07, 6.45) is -16.3. The fraction of sp³-hybridized carbons (Fsp3) is 0.714. The van der Waals surface area contributed by atoms with Crippen molar-refractivity contribution >= 4 is 47.8 Å². The molecule has 2 aliphatic rings. The number of carbonyl (C=O) groups excluding carboxylic acids is 8. The van der Waals surface area contributed by atoms with Crippen LogP contribution in [0.2, 0.25) is 0 Å². The maximum atomic E-state index is 12.3. The molecule has 19 heteroatoms. The van der Waals surface area contributed by atoms with Crippen molar-refractivity contribution in [1.29, 1.82) is 0 Å². The molecule has 0 N–H and O–H groups in total. The minimum absolute atomic E-state index is 0.590. The maximum absolute atomic E-state index is 12.3. The van der Waals surface area contributed by atoms with E-state index < -0.39 is 122 Å². The first-order valence-corrected chi connectivity index (χ1v) is 14.2. The second kappa shape index (κ2) is 17.5. The number of hydrogen-bond donors (Lipinski definition) is 0. The van der Waals surface area contributed by atoms with E-state index in [0.717, 1.165) is 55.4 Å². The van der Waals surface area contributed by atoms with Gasteiger partial charge in [0.15, 0.2) is 30.7 Å². The molecule has 2 fully saturated rings. The summed E-state index contributed by atoms with van der Waals surface area (Å²) >= 11 is 0. The Kier molecular flexibility index (Phi) is 14.5. The fourth-order valence-corrected chi connectivity index (χ4v) is 4.73. The third-order valence-electron chi connectivity index (χ3n) is 6.17. The lowest BCUT2D eigenvalue weighted by atomic mass is 9.96. The lowest BCUT2D eigenvalue weighted by molar-refractivity contribution is -0.357. The smallest absolute Gasteiger partial charge is 0.305 e. The fourth-order valence-electron chi connectivity index (χ4n) is 4.73. The highest BCUT2D eigenvalue weighted by Gasteiger charge is 2.58. The minimum atomic E-state index is -1.83. The average molecular weight is 679 g/mol. The van der Waals surface area contributed by atoms with Gasteiger partial charge in [0.2, 0.25) is 12.4 Å².